The summed E-state index contributed by atoms with van der Waals surface area (Å²) in [7, 11) is 0. The molecule has 0 aromatic heterocycles. The number of carbonyl (C=O) groups is 4. The molecule has 0 saturated carbocycles. The first kappa shape index (κ1) is 35.8. The zero-order valence-electron chi connectivity index (χ0n) is 28.8. The van der Waals surface area contributed by atoms with E-state index < -0.39 is 17.4 Å². The Morgan fingerprint density at radius 3 is 2.06 bits per heavy atom. The number of nitrogens with zero attached hydrogens (tertiary/aromatic N) is 2. The fraction of sp³-hybridized carbons (Fsp3) is 0.250. The van der Waals surface area contributed by atoms with Crippen molar-refractivity contribution < 1.29 is 29.4 Å². The molecule has 0 radical (unpaired) electrons. The fourth-order valence-corrected chi connectivity index (χ4v) is 6.72. The topological polar surface area (TPSA) is 191 Å². The number of carbonyl (C=O) groups excluding carboxylic acids is 4. The number of anilines is 5. The van der Waals surface area contributed by atoms with E-state index in [0.29, 0.717) is 51.7 Å². The molecule has 12 heteroatoms. The van der Waals surface area contributed by atoms with Gasteiger partial charge in [0.15, 0.2) is 5.60 Å². The van der Waals surface area contributed by atoms with Crippen LogP contribution in [0.3, 0.4) is 0 Å². The van der Waals surface area contributed by atoms with Gasteiger partial charge in [-0.25, -0.2) is 0 Å². The molecule has 0 aliphatic carbocycles. The summed E-state index contributed by atoms with van der Waals surface area (Å²) < 4.78 is 0. The maximum absolute atomic E-state index is 14.3. The van der Waals surface area contributed by atoms with Gasteiger partial charge in [-0.2, -0.15) is 0 Å². The second kappa shape index (κ2) is 15.1. The quantitative estimate of drug-likeness (QED) is 0.0961. The molecule has 6 rings (SSSR count). The molecule has 3 atom stereocenters. The number of fused-ring (bicyclic) bond motifs is 1. The summed E-state index contributed by atoms with van der Waals surface area (Å²) >= 11 is 0. The Morgan fingerprint density at radius 2 is 1.46 bits per heavy atom. The van der Waals surface area contributed by atoms with Crippen LogP contribution in [0.1, 0.15) is 58.0 Å². The maximum Gasteiger partial charge on any atom is 0.264 e. The predicted molar refractivity (Wildman–Crippen MR) is 200 cm³/mol. The number of rotatable bonds is 11. The minimum absolute atomic E-state index is 0.0561. The number of hydrogen-bond donors (Lipinski definition) is 6. The van der Waals surface area contributed by atoms with Crippen molar-refractivity contribution in [2.75, 3.05) is 40.2 Å². The summed E-state index contributed by atoms with van der Waals surface area (Å²) in [5.41, 5.74) is 13.9. The number of nitrogens with two attached hydrogens (primary N) is 2. The van der Waals surface area contributed by atoms with Crippen molar-refractivity contribution in [2.24, 2.45) is 5.92 Å². The van der Waals surface area contributed by atoms with Gasteiger partial charge in [0, 0.05) is 58.3 Å². The zero-order chi connectivity index (χ0) is 37.0. The summed E-state index contributed by atoms with van der Waals surface area (Å²) in [6.45, 7) is 2.31. The third kappa shape index (κ3) is 7.39. The first-order chi connectivity index (χ1) is 25.0. The Balaban J connectivity index is 1.24. The standard InChI is InChI=1S/C40H42N6O6/c1-25(4-2-6-36(48)45-21-3-5-33(45)24-47)40(52)34-22-32(44-38(50)28-11-15-30(42)16-12-28)19-20-35(34)46(39(40)51)23-26-7-17-31(18-8-26)43-37(49)27-9-13-29(41)14-10-27/h2,4,7-20,22,25,33,47,52H,3,5-6,21,23-24,41-42H2,1H3,(H,43,49)(H,44,50)/b4-2+/t25-,33-,40+/m0/s1. The molecule has 2 aliphatic rings. The van der Waals surface area contributed by atoms with E-state index in [1.165, 1.54) is 4.90 Å². The van der Waals surface area contributed by atoms with E-state index in [4.69, 9.17) is 11.5 Å². The molecular weight excluding hydrogens is 660 g/mol. The van der Waals surface area contributed by atoms with Gasteiger partial charge < -0.3 is 42.1 Å². The normalized spacial score (nSPS) is 18.8. The van der Waals surface area contributed by atoms with Crippen molar-refractivity contribution in [3.8, 4) is 0 Å². The molecule has 0 bridgehead atoms. The fourth-order valence-electron chi connectivity index (χ4n) is 6.72. The second-order valence-corrected chi connectivity index (χ2v) is 13.2. The highest BCUT2D eigenvalue weighted by atomic mass is 16.3. The number of benzene rings is 4. The Hall–Kier alpha value is -5.98. The number of aliphatic hydroxyl groups is 2. The Kier molecular flexibility index (Phi) is 10.4. The Morgan fingerprint density at radius 1 is 0.885 bits per heavy atom. The summed E-state index contributed by atoms with van der Waals surface area (Å²) in [4.78, 5) is 56.1. The van der Waals surface area contributed by atoms with Gasteiger partial charge in [-0.05, 0) is 97.3 Å². The second-order valence-electron chi connectivity index (χ2n) is 13.2. The van der Waals surface area contributed by atoms with Crippen molar-refractivity contribution in [3.63, 3.8) is 0 Å². The molecule has 268 valence electrons. The van der Waals surface area contributed by atoms with E-state index in [0.717, 1.165) is 18.4 Å². The molecule has 8 N–H and O–H groups in total. The number of nitrogen functional groups attached to an aromatic ring is 2. The van der Waals surface area contributed by atoms with E-state index in [-0.39, 0.29) is 43.3 Å². The van der Waals surface area contributed by atoms with Gasteiger partial charge in [0.25, 0.3) is 17.7 Å². The molecule has 4 amide bonds. The molecule has 52 heavy (non-hydrogen) atoms. The van der Waals surface area contributed by atoms with Crippen molar-refractivity contribution >= 4 is 52.1 Å². The van der Waals surface area contributed by atoms with Crippen molar-refractivity contribution in [2.45, 2.75) is 44.4 Å². The summed E-state index contributed by atoms with van der Waals surface area (Å²) in [5, 5.41) is 27.6. The van der Waals surface area contributed by atoms with E-state index in [9.17, 15) is 29.4 Å². The number of likely N-dealkylation sites (tertiary alicyclic amines) is 1. The lowest BCUT2D eigenvalue weighted by Gasteiger charge is -2.28. The third-order valence-electron chi connectivity index (χ3n) is 9.71. The monoisotopic (exact) mass is 702 g/mol. The summed E-state index contributed by atoms with van der Waals surface area (Å²) in [6, 6.07) is 24.8. The van der Waals surface area contributed by atoms with Crippen LogP contribution in [0.25, 0.3) is 0 Å². The molecular formula is C40H42N6O6. The highest BCUT2D eigenvalue weighted by Gasteiger charge is 2.52. The lowest BCUT2D eigenvalue weighted by molar-refractivity contribution is -0.139. The first-order valence-corrected chi connectivity index (χ1v) is 17.2. The number of aliphatic hydroxyl groups excluding tert-OH is 1. The molecule has 4 aromatic carbocycles. The van der Waals surface area contributed by atoms with Crippen molar-refractivity contribution in [1.29, 1.82) is 0 Å². The molecule has 2 heterocycles. The van der Waals surface area contributed by atoms with Crippen LogP contribution in [-0.2, 0) is 21.7 Å². The van der Waals surface area contributed by atoms with Gasteiger partial charge in [-0.1, -0.05) is 31.2 Å². The van der Waals surface area contributed by atoms with E-state index in [1.54, 1.807) is 115 Å². The molecule has 1 fully saturated rings. The van der Waals surface area contributed by atoms with Gasteiger partial charge in [-0.15, -0.1) is 0 Å². The minimum atomic E-state index is -2.02. The molecule has 0 unspecified atom stereocenters. The average Bonchev–Trinajstić information content (AvgIpc) is 3.71. The largest absolute Gasteiger partial charge is 0.399 e. The van der Waals surface area contributed by atoms with E-state index >= 15 is 0 Å². The molecule has 4 aromatic rings. The van der Waals surface area contributed by atoms with E-state index in [2.05, 4.69) is 10.6 Å². The van der Waals surface area contributed by atoms with Gasteiger partial charge in [0.05, 0.1) is 24.9 Å². The van der Waals surface area contributed by atoms with Crippen LogP contribution in [0.2, 0.25) is 0 Å². The average molecular weight is 703 g/mol. The minimum Gasteiger partial charge on any atom is -0.399 e. The van der Waals surface area contributed by atoms with Crippen LogP contribution in [0, 0.1) is 5.92 Å². The molecule has 0 spiro atoms. The van der Waals surface area contributed by atoms with Gasteiger partial charge in [0.2, 0.25) is 5.91 Å². The maximum atomic E-state index is 14.3. The molecule has 1 saturated heterocycles. The summed E-state index contributed by atoms with van der Waals surface area (Å²) in [5.74, 6) is -2.14. The predicted octanol–water partition coefficient (Wildman–Crippen LogP) is 4.66. The molecule has 12 nitrogen and oxygen atoms in total. The Labute approximate surface area is 301 Å². The highest BCUT2D eigenvalue weighted by molar-refractivity contribution is 6.09. The van der Waals surface area contributed by atoms with Crippen LogP contribution in [0.15, 0.2) is 103 Å². The SMILES string of the molecule is C[C@@H](/C=C/CC(=O)N1CCC[C@H]1CO)[C@]1(O)C(=O)N(Cc2ccc(NC(=O)c3ccc(N)cc3)cc2)c2ccc(NC(=O)c3ccc(N)cc3)cc21. The Bertz CT molecular complexity index is 2000. The van der Waals surface area contributed by atoms with Gasteiger partial charge >= 0.3 is 0 Å². The summed E-state index contributed by atoms with van der Waals surface area (Å²) in [6.07, 6.45) is 4.95. The van der Waals surface area contributed by atoms with Gasteiger partial charge in [-0.3, -0.25) is 19.2 Å². The number of nitrogens with one attached hydrogen (secondary N) is 2. The van der Waals surface area contributed by atoms with Crippen LogP contribution in [0.4, 0.5) is 28.4 Å². The van der Waals surface area contributed by atoms with Crippen LogP contribution < -0.4 is 27.0 Å². The van der Waals surface area contributed by atoms with Crippen LogP contribution in [0.5, 0.6) is 0 Å². The van der Waals surface area contributed by atoms with E-state index in [1.807, 2.05) is 0 Å². The number of amides is 4. The van der Waals surface area contributed by atoms with Crippen molar-refractivity contribution in [3.05, 3.63) is 125 Å². The van der Waals surface area contributed by atoms with Crippen LogP contribution >= 0.6 is 0 Å². The lowest BCUT2D eigenvalue weighted by atomic mass is 9.82. The highest BCUT2D eigenvalue weighted by Crippen LogP contribution is 2.47. The first-order valence-electron chi connectivity index (χ1n) is 17.2. The van der Waals surface area contributed by atoms with Crippen molar-refractivity contribution in [1.82, 2.24) is 4.90 Å². The zero-order valence-corrected chi connectivity index (χ0v) is 28.8. The number of hydrogen-bond acceptors (Lipinski definition) is 8. The van der Waals surface area contributed by atoms with Crippen LogP contribution in [-0.4, -0.2) is 57.9 Å². The smallest absolute Gasteiger partial charge is 0.264 e. The van der Waals surface area contributed by atoms with Gasteiger partial charge in [0.1, 0.15) is 0 Å². The lowest BCUT2D eigenvalue weighted by Crippen LogP contribution is -2.44. The molecule has 2 aliphatic heterocycles. The third-order valence-corrected chi connectivity index (χ3v) is 9.71.